The van der Waals surface area contributed by atoms with Crippen molar-refractivity contribution in [3.05, 3.63) is 28.8 Å². The molecule has 0 radical (unpaired) electrons. The van der Waals surface area contributed by atoms with Crippen LogP contribution in [-0.4, -0.2) is 29.9 Å². The van der Waals surface area contributed by atoms with Crippen LogP contribution in [0.15, 0.2) is 18.2 Å². The molecule has 1 heterocycles. The van der Waals surface area contributed by atoms with E-state index < -0.39 is 0 Å². The number of nitrogens with one attached hydrogen (secondary N) is 4. The first kappa shape index (κ1) is 15.9. The van der Waals surface area contributed by atoms with Gasteiger partial charge in [0.15, 0.2) is 0 Å². The Kier molecular flexibility index (Phi) is 4.20. The van der Waals surface area contributed by atoms with Crippen LogP contribution >= 0.6 is 11.6 Å². The lowest BCUT2D eigenvalue weighted by Gasteiger charge is -2.12. The lowest BCUT2D eigenvalue weighted by Crippen LogP contribution is -2.40. The zero-order valence-electron chi connectivity index (χ0n) is 13.3. The zero-order valence-corrected chi connectivity index (χ0v) is 14.0. The Morgan fingerprint density at radius 3 is 2.58 bits per heavy atom. The molecule has 24 heavy (non-hydrogen) atoms. The molecule has 2 aliphatic carbocycles. The van der Waals surface area contributed by atoms with E-state index in [-0.39, 0.29) is 23.9 Å². The standard InChI is InChI=1S/C17H21ClN4O2/c18-13-7-11(5-6-12(13)16(23)19-10-3-4-10)20-17(24)15-8-14(21-22-15)9-1-2-9/h5-7,9-10,14-15,21-22H,1-4,8H2,(H,19,23)(H,20,24). The molecule has 1 saturated heterocycles. The molecule has 6 nitrogen and oxygen atoms in total. The third kappa shape index (κ3) is 3.55. The molecule has 0 aromatic heterocycles. The molecule has 3 fully saturated rings. The summed E-state index contributed by atoms with van der Waals surface area (Å²) in [7, 11) is 0. The van der Waals surface area contributed by atoms with E-state index in [0.717, 1.165) is 19.3 Å². The third-order valence-electron chi connectivity index (χ3n) is 4.83. The van der Waals surface area contributed by atoms with Crippen molar-refractivity contribution in [2.75, 3.05) is 5.32 Å². The summed E-state index contributed by atoms with van der Waals surface area (Å²) in [4.78, 5) is 24.4. The molecule has 4 rings (SSSR count). The lowest BCUT2D eigenvalue weighted by atomic mass is 10.1. The quantitative estimate of drug-likeness (QED) is 0.654. The fourth-order valence-corrected chi connectivity index (χ4v) is 3.32. The summed E-state index contributed by atoms with van der Waals surface area (Å²) in [6.45, 7) is 0. The molecule has 0 bridgehead atoms. The van der Waals surface area contributed by atoms with E-state index in [2.05, 4.69) is 21.5 Å². The molecule has 1 aromatic rings. The molecular formula is C17H21ClN4O2. The van der Waals surface area contributed by atoms with Gasteiger partial charge in [-0.15, -0.1) is 0 Å². The van der Waals surface area contributed by atoms with E-state index in [1.54, 1.807) is 18.2 Å². The summed E-state index contributed by atoms with van der Waals surface area (Å²) in [5, 5.41) is 6.12. The van der Waals surface area contributed by atoms with Crippen LogP contribution in [0.25, 0.3) is 0 Å². The van der Waals surface area contributed by atoms with Crippen LogP contribution in [0.2, 0.25) is 5.02 Å². The highest BCUT2D eigenvalue weighted by Crippen LogP contribution is 2.35. The molecule has 7 heteroatoms. The highest BCUT2D eigenvalue weighted by Gasteiger charge is 2.38. The summed E-state index contributed by atoms with van der Waals surface area (Å²) < 4.78 is 0. The molecule has 4 N–H and O–H groups in total. The van der Waals surface area contributed by atoms with Crippen LogP contribution in [0, 0.1) is 5.92 Å². The Morgan fingerprint density at radius 1 is 1.12 bits per heavy atom. The average Bonchev–Trinajstić information content (AvgIpc) is 3.48. The van der Waals surface area contributed by atoms with Gasteiger partial charge in [-0.3, -0.25) is 15.0 Å². The van der Waals surface area contributed by atoms with Gasteiger partial charge in [-0.1, -0.05) is 11.6 Å². The molecule has 0 spiro atoms. The minimum atomic E-state index is -0.243. The van der Waals surface area contributed by atoms with Gasteiger partial charge in [0.05, 0.1) is 10.6 Å². The monoisotopic (exact) mass is 348 g/mol. The van der Waals surface area contributed by atoms with E-state index in [1.807, 2.05) is 0 Å². The lowest BCUT2D eigenvalue weighted by molar-refractivity contribution is -0.117. The normalized spacial score (nSPS) is 26.2. The molecule has 2 unspecified atom stereocenters. The minimum absolute atomic E-state index is 0.0862. The van der Waals surface area contributed by atoms with Gasteiger partial charge >= 0.3 is 0 Å². The summed E-state index contributed by atoms with van der Waals surface area (Å²) >= 11 is 6.20. The van der Waals surface area contributed by atoms with Crippen molar-refractivity contribution in [1.82, 2.24) is 16.2 Å². The van der Waals surface area contributed by atoms with E-state index in [9.17, 15) is 9.59 Å². The maximum atomic E-state index is 12.4. The van der Waals surface area contributed by atoms with Gasteiger partial charge in [0, 0.05) is 17.8 Å². The zero-order chi connectivity index (χ0) is 16.7. The fraction of sp³-hybridized carbons (Fsp3) is 0.529. The van der Waals surface area contributed by atoms with Gasteiger partial charge in [-0.05, 0) is 56.2 Å². The number of halogens is 1. The second-order valence-electron chi connectivity index (χ2n) is 6.95. The highest BCUT2D eigenvalue weighted by atomic mass is 35.5. The Bertz CT molecular complexity index is 673. The predicted molar refractivity (Wildman–Crippen MR) is 91.8 cm³/mol. The molecule has 128 valence electrons. The summed E-state index contributed by atoms with van der Waals surface area (Å²) in [6.07, 6.45) is 5.34. The Hall–Kier alpha value is -1.63. The number of benzene rings is 1. The van der Waals surface area contributed by atoms with E-state index in [4.69, 9.17) is 11.6 Å². The Balaban J connectivity index is 1.36. The second kappa shape index (κ2) is 6.35. The van der Waals surface area contributed by atoms with Gasteiger partial charge in [0.2, 0.25) is 5.91 Å². The third-order valence-corrected chi connectivity index (χ3v) is 5.15. The number of hydrogen-bond acceptors (Lipinski definition) is 4. The number of amides is 2. The van der Waals surface area contributed by atoms with E-state index in [0.29, 0.717) is 28.2 Å². The van der Waals surface area contributed by atoms with Crippen molar-refractivity contribution in [2.45, 2.75) is 50.2 Å². The first-order valence-corrected chi connectivity index (χ1v) is 8.90. The first-order chi connectivity index (χ1) is 11.6. The van der Waals surface area contributed by atoms with Crippen molar-refractivity contribution >= 4 is 29.1 Å². The highest BCUT2D eigenvalue weighted by molar-refractivity contribution is 6.34. The van der Waals surface area contributed by atoms with Gasteiger partial charge < -0.3 is 10.6 Å². The minimum Gasteiger partial charge on any atom is -0.349 e. The fourth-order valence-electron chi connectivity index (χ4n) is 3.06. The van der Waals surface area contributed by atoms with Crippen LogP contribution in [-0.2, 0) is 4.79 Å². The SMILES string of the molecule is O=C(NC1CC1)c1ccc(NC(=O)C2CC(C3CC3)NN2)cc1Cl. The predicted octanol–water partition coefficient (Wildman–Crippen LogP) is 1.82. The van der Waals surface area contributed by atoms with Gasteiger partial charge in [-0.2, -0.15) is 0 Å². The Labute approximate surface area is 145 Å². The maximum absolute atomic E-state index is 12.4. The number of anilines is 1. The number of carbonyl (C=O) groups is 2. The van der Waals surface area contributed by atoms with Crippen molar-refractivity contribution in [3.63, 3.8) is 0 Å². The first-order valence-electron chi connectivity index (χ1n) is 8.52. The molecule has 2 atom stereocenters. The van der Waals surface area contributed by atoms with Crippen molar-refractivity contribution < 1.29 is 9.59 Å². The summed E-state index contributed by atoms with van der Waals surface area (Å²) in [6, 6.07) is 5.43. The van der Waals surface area contributed by atoms with Crippen LogP contribution in [0.1, 0.15) is 42.5 Å². The molecular weight excluding hydrogens is 328 g/mol. The largest absolute Gasteiger partial charge is 0.349 e. The van der Waals surface area contributed by atoms with Crippen molar-refractivity contribution in [1.29, 1.82) is 0 Å². The van der Waals surface area contributed by atoms with Crippen molar-refractivity contribution in [2.24, 2.45) is 5.92 Å². The second-order valence-corrected chi connectivity index (χ2v) is 7.36. The topological polar surface area (TPSA) is 82.3 Å². The molecule has 2 amide bonds. The van der Waals surface area contributed by atoms with Crippen LogP contribution in [0.5, 0.6) is 0 Å². The smallest absolute Gasteiger partial charge is 0.253 e. The number of carbonyl (C=O) groups excluding carboxylic acids is 2. The van der Waals surface area contributed by atoms with Gasteiger partial charge in [0.1, 0.15) is 6.04 Å². The Morgan fingerprint density at radius 2 is 1.92 bits per heavy atom. The average molecular weight is 349 g/mol. The van der Waals surface area contributed by atoms with Gasteiger partial charge in [-0.25, -0.2) is 5.43 Å². The van der Waals surface area contributed by atoms with Crippen LogP contribution in [0.3, 0.4) is 0 Å². The number of rotatable bonds is 5. The molecule has 1 aromatic carbocycles. The summed E-state index contributed by atoms with van der Waals surface area (Å²) in [5.41, 5.74) is 7.31. The summed E-state index contributed by atoms with van der Waals surface area (Å²) in [5.74, 6) is 0.459. The van der Waals surface area contributed by atoms with E-state index in [1.165, 1.54) is 12.8 Å². The van der Waals surface area contributed by atoms with Gasteiger partial charge in [0.25, 0.3) is 5.91 Å². The molecule has 1 aliphatic heterocycles. The van der Waals surface area contributed by atoms with Crippen LogP contribution < -0.4 is 21.5 Å². The molecule has 3 aliphatic rings. The van der Waals surface area contributed by atoms with Crippen LogP contribution in [0.4, 0.5) is 5.69 Å². The molecule has 2 saturated carbocycles. The number of hydrogen-bond donors (Lipinski definition) is 4. The maximum Gasteiger partial charge on any atom is 0.253 e. The number of hydrazine groups is 1. The van der Waals surface area contributed by atoms with Crippen molar-refractivity contribution in [3.8, 4) is 0 Å². The van der Waals surface area contributed by atoms with E-state index >= 15 is 0 Å².